The Kier molecular flexibility index (Phi) is 20.6. The number of hydrogen-bond donors (Lipinski definition) is 3. The summed E-state index contributed by atoms with van der Waals surface area (Å²) in [7, 11) is -4.67. The van der Waals surface area contributed by atoms with Gasteiger partial charge in [0.2, 0.25) is 0 Å². The summed E-state index contributed by atoms with van der Waals surface area (Å²) < 4.78 is 31.9. The smallest absolute Gasteiger partial charge is 0.472 e. The van der Waals surface area contributed by atoms with Gasteiger partial charge in [0.05, 0.1) is 13.2 Å². The molecule has 3 atom stereocenters. The van der Waals surface area contributed by atoms with Gasteiger partial charge < -0.3 is 25.2 Å². The first-order valence-corrected chi connectivity index (χ1v) is 14.6. The summed E-state index contributed by atoms with van der Waals surface area (Å²) in [6, 6.07) is -1.51. The van der Waals surface area contributed by atoms with Crippen molar-refractivity contribution >= 4 is 25.7 Å². The maximum Gasteiger partial charge on any atom is 0.472 e. The van der Waals surface area contributed by atoms with E-state index in [0.717, 1.165) is 32.1 Å². The highest BCUT2D eigenvalue weighted by Gasteiger charge is 2.28. The molecule has 36 heavy (non-hydrogen) atoms. The van der Waals surface area contributed by atoms with Crippen LogP contribution in [0.2, 0.25) is 0 Å². The number of nitrogens with two attached hydrogens (primary N) is 1. The van der Waals surface area contributed by atoms with Gasteiger partial charge in [-0.2, -0.15) is 0 Å². The standard InChI is InChI=1S/C24H46NO10P/c1-3-5-7-8-9-10-11-12-14-16-23(27)35-20(17-32-22(26)15-13-6-4-2)18-33-36(30,31)34-19-21(25)24(28)29/h20-21H,3-19,25H2,1-2H3,(H,28,29)(H,30,31). The van der Waals surface area contributed by atoms with Crippen molar-refractivity contribution in [1.82, 2.24) is 0 Å². The molecule has 0 rings (SSSR count). The minimum atomic E-state index is -4.67. The number of esters is 2. The van der Waals surface area contributed by atoms with Crippen LogP contribution in [0, 0.1) is 0 Å². The first-order valence-electron chi connectivity index (χ1n) is 13.1. The summed E-state index contributed by atoms with van der Waals surface area (Å²) in [5.41, 5.74) is 5.24. The average Bonchev–Trinajstić information content (AvgIpc) is 2.83. The molecule has 0 aliphatic carbocycles. The Hall–Kier alpha value is -1.52. The van der Waals surface area contributed by atoms with Gasteiger partial charge in [0.25, 0.3) is 0 Å². The monoisotopic (exact) mass is 539 g/mol. The van der Waals surface area contributed by atoms with E-state index in [1.165, 1.54) is 32.1 Å². The largest absolute Gasteiger partial charge is 0.480 e. The van der Waals surface area contributed by atoms with Crippen LogP contribution in [-0.4, -0.2) is 59.9 Å². The van der Waals surface area contributed by atoms with E-state index in [4.69, 9.17) is 24.8 Å². The lowest BCUT2D eigenvalue weighted by atomic mass is 10.1. The van der Waals surface area contributed by atoms with Gasteiger partial charge in [-0.15, -0.1) is 0 Å². The number of phosphoric ester groups is 1. The van der Waals surface area contributed by atoms with Crippen LogP contribution in [0.15, 0.2) is 0 Å². The van der Waals surface area contributed by atoms with E-state index in [2.05, 4.69) is 11.4 Å². The lowest BCUT2D eigenvalue weighted by Gasteiger charge is -2.20. The van der Waals surface area contributed by atoms with Gasteiger partial charge in [-0.3, -0.25) is 23.4 Å². The Morgan fingerprint density at radius 3 is 1.81 bits per heavy atom. The molecular weight excluding hydrogens is 493 g/mol. The van der Waals surface area contributed by atoms with Crippen molar-refractivity contribution in [2.75, 3.05) is 19.8 Å². The fourth-order valence-electron chi connectivity index (χ4n) is 3.18. The van der Waals surface area contributed by atoms with Crippen molar-refractivity contribution in [1.29, 1.82) is 0 Å². The zero-order valence-electron chi connectivity index (χ0n) is 21.9. The lowest BCUT2D eigenvalue weighted by molar-refractivity contribution is -0.161. The summed E-state index contributed by atoms with van der Waals surface area (Å²) in [6.07, 6.45) is 11.6. The van der Waals surface area contributed by atoms with Crippen LogP contribution in [0.5, 0.6) is 0 Å². The molecule has 0 aromatic rings. The van der Waals surface area contributed by atoms with Gasteiger partial charge in [0.15, 0.2) is 6.10 Å². The molecule has 0 heterocycles. The van der Waals surface area contributed by atoms with E-state index in [-0.39, 0.29) is 19.4 Å². The molecule has 0 amide bonds. The van der Waals surface area contributed by atoms with Crippen LogP contribution in [0.4, 0.5) is 0 Å². The second-order valence-corrected chi connectivity index (χ2v) is 10.3. The number of carboxylic acid groups (broad SMARTS) is 1. The number of carboxylic acids is 1. The number of carbonyl (C=O) groups excluding carboxylic acids is 2. The molecule has 0 aliphatic rings. The molecule has 0 bridgehead atoms. The summed E-state index contributed by atoms with van der Waals surface area (Å²) in [4.78, 5) is 44.6. The van der Waals surface area contributed by atoms with Crippen LogP contribution < -0.4 is 5.73 Å². The third-order valence-corrected chi connectivity index (χ3v) is 6.31. The normalized spacial score (nSPS) is 14.6. The molecule has 0 spiro atoms. The summed E-state index contributed by atoms with van der Waals surface area (Å²) in [5.74, 6) is -2.41. The average molecular weight is 540 g/mol. The number of rotatable bonds is 24. The van der Waals surface area contributed by atoms with Crippen LogP contribution in [0.3, 0.4) is 0 Å². The molecule has 0 saturated heterocycles. The number of phosphoric acid groups is 1. The zero-order valence-corrected chi connectivity index (χ0v) is 22.8. The zero-order chi connectivity index (χ0) is 27.2. The van der Waals surface area contributed by atoms with Crippen LogP contribution in [0.25, 0.3) is 0 Å². The van der Waals surface area contributed by atoms with Crippen molar-refractivity contribution in [2.24, 2.45) is 5.73 Å². The maximum atomic E-state index is 12.3. The first-order chi connectivity index (χ1) is 17.1. The van der Waals surface area contributed by atoms with E-state index in [0.29, 0.717) is 12.8 Å². The van der Waals surface area contributed by atoms with E-state index in [1.54, 1.807) is 0 Å². The number of aliphatic carboxylic acids is 1. The molecule has 11 nitrogen and oxygen atoms in total. The third-order valence-electron chi connectivity index (χ3n) is 5.36. The Morgan fingerprint density at radius 1 is 0.750 bits per heavy atom. The molecule has 0 fully saturated rings. The van der Waals surface area contributed by atoms with Crippen molar-refractivity contribution in [2.45, 2.75) is 116 Å². The van der Waals surface area contributed by atoms with Gasteiger partial charge in [0.1, 0.15) is 12.6 Å². The maximum absolute atomic E-state index is 12.3. The van der Waals surface area contributed by atoms with E-state index >= 15 is 0 Å². The lowest BCUT2D eigenvalue weighted by Crippen LogP contribution is -2.34. The second-order valence-electron chi connectivity index (χ2n) is 8.84. The van der Waals surface area contributed by atoms with E-state index < -0.39 is 51.1 Å². The molecule has 0 aromatic heterocycles. The van der Waals surface area contributed by atoms with Gasteiger partial charge in [0, 0.05) is 12.8 Å². The quantitative estimate of drug-likeness (QED) is 0.0896. The SMILES string of the molecule is CCCCCCCCCCCC(=O)OC(COC(=O)CCCCC)COP(=O)(O)OCC(N)C(=O)O. The van der Waals surface area contributed by atoms with Gasteiger partial charge in [-0.25, -0.2) is 4.57 Å². The summed E-state index contributed by atoms with van der Waals surface area (Å²) >= 11 is 0. The molecule has 0 aliphatic heterocycles. The van der Waals surface area contributed by atoms with Crippen molar-refractivity contribution in [3.05, 3.63) is 0 Å². The molecule has 212 valence electrons. The van der Waals surface area contributed by atoms with Crippen molar-refractivity contribution in [3.63, 3.8) is 0 Å². The molecule has 4 N–H and O–H groups in total. The van der Waals surface area contributed by atoms with E-state index in [1.807, 2.05) is 6.92 Å². The summed E-state index contributed by atoms with van der Waals surface area (Å²) in [5, 5.41) is 8.73. The molecule has 3 unspecified atom stereocenters. The van der Waals surface area contributed by atoms with Gasteiger partial charge in [-0.1, -0.05) is 78.1 Å². The van der Waals surface area contributed by atoms with Gasteiger partial charge >= 0.3 is 25.7 Å². The van der Waals surface area contributed by atoms with Crippen LogP contribution >= 0.6 is 7.82 Å². The highest BCUT2D eigenvalue weighted by atomic mass is 31.2. The van der Waals surface area contributed by atoms with E-state index in [9.17, 15) is 23.8 Å². The van der Waals surface area contributed by atoms with Crippen molar-refractivity contribution in [3.8, 4) is 0 Å². The van der Waals surface area contributed by atoms with Crippen molar-refractivity contribution < 1.29 is 47.5 Å². The molecule has 0 saturated carbocycles. The second kappa shape index (κ2) is 21.6. The molecular formula is C24H46NO10P. The Bertz CT molecular complexity index is 661. The fraction of sp³-hybridized carbons (Fsp3) is 0.875. The number of carbonyl (C=O) groups is 3. The molecule has 0 aromatic carbocycles. The predicted molar refractivity (Wildman–Crippen MR) is 134 cm³/mol. The highest BCUT2D eigenvalue weighted by Crippen LogP contribution is 2.43. The predicted octanol–water partition coefficient (Wildman–Crippen LogP) is 4.49. The topological polar surface area (TPSA) is 172 Å². The Labute approximate surface area is 215 Å². The Balaban J connectivity index is 4.55. The number of ether oxygens (including phenoxy) is 2. The third kappa shape index (κ3) is 20.7. The number of hydrogen-bond acceptors (Lipinski definition) is 9. The molecule has 0 radical (unpaired) electrons. The first kappa shape index (κ1) is 34.5. The molecule has 12 heteroatoms. The minimum absolute atomic E-state index is 0.164. The van der Waals surface area contributed by atoms with Crippen LogP contribution in [-0.2, 0) is 37.5 Å². The highest BCUT2D eigenvalue weighted by molar-refractivity contribution is 7.47. The summed E-state index contributed by atoms with van der Waals surface area (Å²) in [6.45, 7) is 2.51. The van der Waals surface area contributed by atoms with Gasteiger partial charge in [-0.05, 0) is 12.8 Å². The number of unbranched alkanes of at least 4 members (excludes halogenated alkanes) is 10. The minimum Gasteiger partial charge on any atom is -0.480 e. The Morgan fingerprint density at radius 2 is 1.22 bits per heavy atom. The van der Waals surface area contributed by atoms with Crippen LogP contribution in [0.1, 0.15) is 104 Å². The fourth-order valence-corrected chi connectivity index (χ4v) is 3.96.